The number of halogens is 3. The summed E-state index contributed by atoms with van der Waals surface area (Å²) in [5.41, 5.74) is 7.95. The molecule has 11 heteroatoms. The Morgan fingerprint density at radius 1 is 0.897 bits per heavy atom. The second-order valence-corrected chi connectivity index (χ2v) is 9.57. The van der Waals surface area contributed by atoms with Gasteiger partial charge in [0.15, 0.2) is 6.61 Å². The fourth-order valence-corrected chi connectivity index (χ4v) is 4.96. The highest BCUT2D eigenvalue weighted by Crippen LogP contribution is 2.32. The Labute approximate surface area is 226 Å². The molecule has 0 unspecified atom stereocenters. The Kier molecular flexibility index (Phi) is 8.82. The van der Waals surface area contributed by atoms with Crippen LogP contribution >= 0.6 is 11.3 Å². The van der Waals surface area contributed by atoms with Gasteiger partial charge in [-0.05, 0) is 41.8 Å². The molecule has 0 saturated carbocycles. The normalized spacial score (nSPS) is 11.3. The SMILES string of the molecule is NC(=O)c1nc(CNC(=O)COc2ccc(OC(F)(F)F)cc2)sc1CC(c1ccccc1)c1ccccc1. The molecule has 4 aromatic rings. The predicted octanol–water partition coefficient (Wildman–Crippen LogP) is 5.21. The van der Waals surface area contributed by atoms with E-state index in [-0.39, 0.29) is 30.5 Å². The summed E-state index contributed by atoms with van der Waals surface area (Å²) in [6.07, 6.45) is -4.30. The fraction of sp³-hybridized carbons (Fsp3) is 0.179. The third kappa shape index (κ3) is 8.05. The number of ether oxygens (including phenoxy) is 2. The van der Waals surface area contributed by atoms with Crippen LogP contribution in [0.5, 0.6) is 11.5 Å². The lowest BCUT2D eigenvalue weighted by molar-refractivity contribution is -0.274. The Bertz CT molecular complexity index is 1360. The summed E-state index contributed by atoms with van der Waals surface area (Å²) >= 11 is 1.29. The van der Waals surface area contributed by atoms with Crippen molar-refractivity contribution >= 4 is 23.2 Å². The molecule has 3 aromatic carbocycles. The second kappa shape index (κ2) is 12.4. The Morgan fingerprint density at radius 2 is 1.46 bits per heavy atom. The van der Waals surface area contributed by atoms with E-state index in [1.807, 2.05) is 60.7 Å². The molecule has 0 atom stereocenters. The van der Waals surface area contributed by atoms with Crippen molar-refractivity contribution in [1.82, 2.24) is 10.3 Å². The first-order chi connectivity index (χ1) is 18.7. The second-order valence-electron chi connectivity index (χ2n) is 8.41. The molecule has 39 heavy (non-hydrogen) atoms. The van der Waals surface area contributed by atoms with Gasteiger partial charge >= 0.3 is 6.36 Å². The largest absolute Gasteiger partial charge is 0.573 e. The minimum Gasteiger partial charge on any atom is -0.484 e. The molecule has 1 aromatic heterocycles. The number of hydrogen-bond acceptors (Lipinski definition) is 6. The van der Waals surface area contributed by atoms with Crippen molar-refractivity contribution in [3.63, 3.8) is 0 Å². The van der Waals surface area contributed by atoms with Crippen LogP contribution in [-0.4, -0.2) is 29.8 Å². The van der Waals surface area contributed by atoms with Crippen LogP contribution in [0.1, 0.15) is 37.4 Å². The van der Waals surface area contributed by atoms with E-state index >= 15 is 0 Å². The number of primary amides is 1. The topological polar surface area (TPSA) is 104 Å². The van der Waals surface area contributed by atoms with Gasteiger partial charge in [0.05, 0.1) is 6.54 Å². The van der Waals surface area contributed by atoms with E-state index in [4.69, 9.17) is 10.5 Å². The van der Waals surface area contributed by atoms with Gasteiger partial charge < -0.3 is 20.5 Å². The number of carbonyl (C=O) groups is 2. The average molecular weight is 556 g/mol. The summed E-state index contributed by atoms with van der Waals surface area (Å²) in [7, 11) is 0. The summed E-state index contributed by atoms with van der Waals surface area (Å²) in [4.78, 5) is 29.5. The first-order valence-electron chi connectivity index (χ1n) is 11.8. The van der Waals surface area contributed by atoms with Gasteiger partial charge in [0.1, 0.15) is 22.2 Å². The number of amides is 2. The third-order valence-corrected chi connectivity index (χ3v) is 6.71. The zero-order valence-corrected chi connectivity index (χ0v) is 21.3. The Hall–Kier alpha value is -4.38. The third-order valence-electron chi connectivity index (χ3n) is 5.63. The quantitative estimate of drug-likeness (QED) is 0.265. The molecule has 0 saturated heterocycles. The first-order valence-corrected chi connectivity index (χ1v) is 12.6. The molecule has 0 aliphatic rings. The van der Waals surface area contributed by atoms with E-state index in [1.54, 1.807) is 0 Å². The van der Waals surface area contributed by atoms with Crippen LogP contribution in [0.2, 0.25) is 0 Å². The smallest absolute Gasteiger partial charge is 0.484 e. The monoisotopic (exact) mass is 555 g/mol. The molecule has 0 bridgehead atoms. The van der Waals surface area contributed by atoms with E-state index in [9.17, 15) is 22.8 Å². The number of carbonyl (C=O) groups excluding carboxylic acids is 2. The number of thiazole rings is 1. The van der Waals surface area contributed by atoms with E-state index in [1.165, 1.54) is 23.5 Å². The van der Waals surface area contributed by atoms with Crippen LogP contribution in [-0.2, 0) is 17.8 Å². The van der Waals surface area contributed by atoms with Crippen molar-refractivity contribution in [2.75, 3.05) is 6.61 Å². The van der Waals surface area contributed by atoms with Crippen molar-refractivity contribution in [3.8, 4) is 11.5 Å². The number of alkyl halides is 3. The molecular formula is C28H24F3N3O4S. The predicted molar refractivity (Wildman–Crippen MR) is 140 cm³/mol. The molecule has 0 fully saturated rings. The summed E-state index contributed by atoms with van der Waals surface area (Å²) in [5, 5.41) is 3.17. The fourth-order valence-electron chi connectivity index (χ4n) is 3.90. The maximum absolute atomic E-state index is 12.3. The van der Waals surface area contributed by atoms with Crippen LogP contribution < -0.4 is 20.5 Å². The van der Waals surface area contributed by atoms with Gasteiger partial charge in [-0.1, -0.05) is 60.7 Å². The van der Waals surface area contributed by atoms with Crippen LogP contribution in [0, 0.1) is 0 Å². The lowest BCUT2D eigenvalue weighted by Gasteiger charge is -2.17. The van der Waals surface area contributed by atoms with E-state index < -0.39 is 23.9 Å². The molecule has 4 rings (SSSR count). The van der Waals surface area contributed by atoms with Crippen LogP contribution in [0.15, 0.2) is 84.9 Å². The maximum atomic E-state index is 12.3. The molecule has 0 radical (unpaired) electrons. The number of nitrogens with zero attached hydrogens (tertiary/aromatic N) is 1. The van der Waals surface area contributed by atoms with Gasteiger partial charge in [0.2, 0.25) is 0 Å². The molecule has 2 amide bonds. The van der Waals surface area contributed by atoms with Crippen molar-refractivity contribution < 1.29 is 32.2 Å². The van der Waals surface area contributed by atoms with Gasteiger partial charge in [-0.3, -0.25) is 9.59 Å². The minimum absolute atomic E-state index is 0.0327. The van der Waals surface area contributed by atoms with Gasteiger partial charge in [0.25, 0.3) is 11.8 Å². The van der Waals surface area contributed by atoms with E-state index in [0.717, 1.165) is 23.3 Å². The van der Waals surface area contributed by atoms with E-state index in [2.05, 4.69) is 15.0 Å². The number of nitrogens with one attached hydrogen (secondary N) is 1. The van der Waals surface area contributed by atoms with Crippen LogP contribution in [0.4, 0.5) is 13.2 Å². The highest BCUT2D eigenvalue weighted by molar-refractivity contribution is 7.11. The molecule has 1 heterocycles. The highest BCUT2D eigenvalue weighted by atomic mass is 32.1. The van der Waals surface area contributed by atoms with Crippen molar-refractivity contribution in [2.45, 2.75) is 25.2 Å². The van der Waals surface area contributed by atoms with Crippen LogP contribution in [0.25, 0.3) is 0 Å². The van der Waals surface area contributed by atoms with Crippen molar-refractivity contribution in [3.05, 3.63) is 112 Å². The Balaban J connectivity index is 1.39. The van der Waals surface area contributed by atoms with Gasteiger partial charge in [-0.25, -0.2) is 4.98 Å². The zero-order valence-electron chi connectivity index (χ0n) is 20.5. The Morgan fingerprint density at radius 3 is 2.00 bits per heavy atom. The number of hydrogen-bond donors (Lipinski definition) is 2. The van der Waals surface area contributed by atoms with Crippen molar-refractivity contribution in [2.24, 2.45) is 5.73 Å². The molecule has 0 aliphatic carbocycles. The summed E-state index contributed by atoms with van der Waals surface area (Å²) in [5.74, 6) is -1.37. The van der Waals surface area contributed by atoms with Gasteiger partial charge in [-0.2, -0.15) is 0 Å². The van der Waals surface area contributed by atoms with Crippen molar-refractivity contribution in [1.29, 1.82) is 0 Å². The molecule has 0 spiro atoms. The average Bonchev–Trinajstić information content (AvgIpc) is 3.33. The lowest BCUT2D eigenvalue weighted by Crippen LogP contribution is -2.28. The minimum atomic E-state index is -4.80. The highest BCUT2D eigenvalue weighted by Gasteiger charge is 2.31. The summed E-state index contributed by atoms with van der Waals surface area (Å²) < 4.78 is 45.9. The summed E-state index contributed by atoms with van der Waals surface area (Å²) in [6, 6.07) is 24.5. The molecule has 3 N–H and O–H groups in total. The molecule has 0 aliphatic heterocycles. The maximum Gasteiger partial charge on any atom is 0.573 e. The lowest BCUT2D eigenvalue weighted by atomic mass is 9.88. The van der Waals surface area contributed by atoms with E-state index in [0.29, 0.717) is 16.3 Å². The summed E-state index contributed by atoms with van der Waals surface area (Å²) in [6.45, 7) is -0.322. The number of aromatic nitrogens is 1. The van der Waals surface area contributed by atoms with Gasteiger partial charge in [-0.15, -0.1) is 24.5 Å². The standard InChI is InChI=1S/C28H24F3N3O4S/c29-28(30,31)38-21-13-11-20(12-14-21)37-17-24(35)33-16-25-34-26(27(32)36)23(39-25)15-22(18-7-3-1-4-8-18)19-9-5-2-6-10-19/h1-14,22H,15-17H2,(H2,32,36)(H,33,35). The zero-order chi connectivity index (χ0) is 27.8. The van der Waals surface area contributed by atoms with Crippen LogP contribution in [0.3, 0.4) is 0 Å². The van der Waals surface area contributed by atoms with Gasteiger partial charge in [0, 0.05) is 10.8 Å². The number of benzene rings is 3. The first kappa shape index (κ1) is 27.6. The molecular weight excluding hydrogens is 531 g/mol. The molecule has 202 valence electrons. The number of rotatable bonds is 11. The number of nitrogens with two attached hydrogens (primary N) is 1. The molecule has 7 nitrogen and oxygen atoms in total.